The van der Waals surface area contributed by atoms with Gasteiger partial charge in [-0.15, -0.1) is 0 Å². The predicted molar refractivity (Wildman–Crippen MR) is 57.6 cm³/mol. The highest BCUT2D eigenvalue weighted by Crippen LogP contribution is 2.26. The van der Waals surface area contributed by atoms with Gasteiger partial charge in [0, 0.05) is 11.6 Å². The number of halogens is 3. The Morgan fingerprint density at radius 1 is 1.56 bits per heavy atom. The first-order chi connectivity index (χ1) is 7.47. The van der Waals surface area contributed by atoms with E-state index < -0.39 is 23.6 Å². The van der Waals surface area contributed by atoms with E-state index in [1.807, 2.05) is 0 Å². The zero-order valence-electron chi connectivity index (χ0n) is 8.47. The fourth-order valence-corrected chi connectivity index (χ4v) is 1.56. The number of methoxy groups -OCH3 is 1. The number of nitrogens with two attached hydrogens (primary N) is 1. The van der Waals surface area contributed by atoms with Crippen molar-refractivity contribution in [3.63, 3.8) is 0 Å². The molecule has 1 atom stereocenters. The summed E-state index contributed by atoms with van der Waals surface area (Å²) < 4.78 is 30.6. The van der Waals surface area contributed by atoms with Crippen molar-refractivity contribution in [1.29, 1.82) is 0 Å². The molecule has 1 unspecified atom stereocenters. The molecule has 0 saturated heterocycles. The normalized spacial score (nSPS) is 12.3. The largest absolute Gasteiger partial charge is 0.469 e. The second-order valence-corrected chi connectivity index (χ2v) is 3.94. The van der Waals surface area contributed by atoms with Crippen molar-refractivity contribution >= 4 is 21.9 Å². The van der Waals surface area contributed by atoms with Crippen LogP contribution in [-0.2, 0) is 9.53 Å². The molecule has 16 heavy (non-hydrogen) atoms. The molecule has 3 nitrogen and oxygen atoms in total. The van der Waals surface area contributed by atoms with E-state index in [-0.39, 0.29) is 16.5 Å². The molecule has 0 radical (unpaired) electrons. The molecular formula is C10H10BrF2NO2. The van der Waals surface area contributed by atoms with Gasteiger partial charge in [0.2, 0.25) is 0 Å². The molecule has 0 bridgehead atoms. The lowest BCUT2D eigenvalue weighted by Gasteiger charge is -2.12. The van der Waals surface area contributed by atoms with Gasteiger partial charge >= 0.3 is 5.97 Å². The molecule has 1 rings (SSSR count). The second kappa shape index (κ2) is 5.36. The van der Waals surface area contributed by atoms with E-state index in [4.69, 9.17) is 5.73 Å². The van der Waals surface area contributed by atoms with Gasteiger partial charge in [-0.3, -0.25) is 4.79 Å². The number of rotatable bonds is 3. The van der Waals surface area contributed by atoms with Crippen LogP contribution in [0.15, 0.2) is 16.6 Å². The third kappa shape index (κ3) is 2.76. The van der Waals surface area contributed by atoms with Crippen LogP contribution in [0, 0.1) is 11.6 Å². The lowest BCUT2D eigenvalue weighted by molar-refractivity contribution is -0.141. The average molecular weight is 294 g/mol. The SMILES string of the molecule is COC(=O)CC(N)c1ccc(F)c(Br)c1F. The first kappa shape index (κ1) is 13.1. The molecule has 0 fully saturated rings. The van der Waals surface area contributed by atoms with Gasteiger partial charge in [-0.25, -0.2) is 8.78 Å². The van der Waals surface area contributed by atoms with Crippen molar-refractivity contribution < 1.29 is 18.3 Å². The smallest absolute Gasteiger partial charge is 0.307 e. The van der Waals surface area contributed by atoms with Crippen molar-refractivity contribution in [2.45, 2.75) is 12.5 Å². The summed E-state index contributed by atoms with van der Waals surface area (Å²) in [5.41, 5.74) is 5.68. The molecule has 0 aliphatic rings. The minimum Gasteiger partial charge on any atom is -0.469 e. The quantitative estimate of drug-likeness (QED) is 0.687. The Balaban J connectivity index is 2.96. The zero-order chi connectivity index (χ0) is 12.3. The Hall–Kier alpha value is -1.01. The van der Waals surface area contributed by atoms with Gasteiger partial charge in [-0.05, 0) is 22.0 Å². The van der Waals surface area contributed by atoms with Gasteiger partial charge in [0.05, 0.1) is 18.0 Å². The summed E-state index contributed by atoms with van der Waals surface area (Å²) in [7, 11) is 1.21. The average Bonchev–Trinajstić information content (AvgIpc) is 2.25. The van der Waals surface area contributed by atoms with E-state index in [2.05, 4.69) is 20.7 Å². The van der Waals surface area contributed by atoms with Gasteiger partial charge in [-0.1, -0.05) is 6.07 Å². The number of esters is 1. The number of carbonyl (C=O) groups excluding carboxylic acids is 1. The summed E-state index contributed by atoms with van der Waals surface area (Å²) in [4.78, 5) is 10.9. The first-order valence-electron chi connectivity index (χ1n) is 4.43. The molecule has 0 spiro atoms. The summed E-state index contributed by atoms with van der Waals surface area (Å²) in [6.45, 7) is 0. The summed E-state index contributed by atoms with van der Waals surface area (Å²) in [5.74, 6) is -2.06. The lowest BCUT2D eigenvalue weighted by atomic mass is 10.0. The Kier molecular flexibility index (Phi) is 4.37. The van der Waals surface area contributed by atoms with Gasteiger partial charge in [0.15, 0.2) is 0 Å². The van der Waals surface area contributed by atoms with E-state index >= 15 is 0 Å². The molecular weight excluding hydrogens is 284 g/mol. The van der Waals surface area contributed by atoms with Crippen LogP contribution in [0.2, 0.25) is 0 Å². The van der Waals surface area contributed by atoms with E-state index in [1.165, 1.54) is 13.2 Å². The summed E-state index contributed by atoms with van der Waals surface area (Å²) >= 11 is 2.76. The monoisotopic (exact) mass is 293 g/mol. The standard InChI is InChI=1S/C10H10BrF2NO2/c1-16-8(15)4-7(14)5-2-3-6(12)9(11)10(5)13/h2-3,7H,4,14H2,1H3. The molecule has 0 aromatic heterocycles. The minimum absolute atomic E-state index is 0.0682. The van der Waals surface area contributed by atoms with E-state index in [9.17, 15) is 13.6 Å². The van der Waals surface area contributed by atoms with Gasteiger partial charge in [0.25, 0.3) is 0 Å². The second-order valence-electron chi connectivity index (χ2n) is 3.15. The number of carbonyl (C=O) groups is 1. The van der Waals surface area contributed by atoms with Crippen LogP contribution in [-0.4, -0.2) is 13.1 Å². The molecule has 88 valence electrons. The molecule has 0 aliphatic heterocycles. The Labute approximate surface area is 99.7 Å². The molecule has 6 heteroatoms. The molecule has 1 aromatic carbocycles. The van der Waals surface area contributed by atoms with Crippen LogP contribution in [0.4, 0.5) is 8.78 Å². The van der Waals surface area contributed by atoms with E-state index in [0.29, 0.717) is 0 Å². The van der Waals surface area contributed by atoms with E-state index in [0.717, 1.165) is 6.07 Å². The number of ether oxygens (including phenoxy) is 1. The van der Waals surface area contributed by atoms with Gasteiger partial charge in [0.1, 0.15) is 11.6 Å². The molecule has 0 saturated carbocycles. The first-order valence-corrected chi connectivity index (χ1v) is 5.22. The topological polar surface area (TPSA) is 52.3 Å². The van der Waals surface area contributed by atoms with Crippen LogP contribution >= 0.6 is 15.9 Å². The molecule has 0 aliphatic carbocycles. The highest BCUT2D eigenvalue weighted by atomic mass is 79.9. The number of hydrogen-bond donors (Lipinski definition) is 1. The molecule has 2 N–H and O–H groups in total. The summed E-state index contributed by atoms with van der Waals surface area (Å²) in [6.07, 6.45) is -0.161. The fraction of sp³-hybridized carbons (Fsp3) is 0.300. The number of hydrogen-bond acceptors (Lipinski definition) is 3. The van der Waals surface area contributed by atoms with Gasteiger partial charge < -0.3 is 10.5 Å². The third-order valence-electron chi connectivity index (χ3n) is 2.08. The summed E-state index contributed by atoms with van der Waals surface area (Å²) in [5, 5.41) is 0. The third-order valence-corrected chi connectivity index (χ3v) is 2.81. The predicted octanol–water partition coefficient (Wildman–Crippen LogP) is 2.29. The maximum absolute atomic E-state index is 13.5. The van der Waals surface area contributed by atoms with Crippen molar-refractivity contribution in [3.8, 4) is 0 Å². The fourth-order valence-electron chi connectivity index (χ4n) is 1.20. The summed E-state index contributed by atoms with van der Waals surface area (Å²) in [6, 6.07) is 1.44. The van der Waals surface area contributed by atoms with Crippen LogP contribution < -0.4 is 5.73 Å². The van der Waals surface area contributed by atoms with E-state index in [1.54, 1.807) is 0 Å². The maximum Gasteiger partial charge on any atom is 0.307 e. The van der Waals surface area contributed by atoms with Crippen molar-refractivity contribution in [1.82, 2.24) is 0 Å². The minimum atomic E-state index is -0.857. The van der Waals surface area contributed by atoms with Crippen molar-refractivity contribution in [2.75, 3.05) is 7.11 Å². The Morgan fingerprint density at radius 2 is 2.19 bits per heavy atom. The van der Waals surface area contributed by atoms with Crippen LogP contribution in [0.25, 0.3) is 0 Å². The highest BCUT2D eigenvalue weighted by molar-refractivity contribution is 9.10. The highest BCUT2D eigenvalue weighted by Gasteiger charge is 2.19. The zero-order valence-corrected chi connectivity index (χ0v) is 10.1. The van der Waals surface area contributed by atoms with Gasteiger partial charge in [-0.2, -0.15) is 0 Å². The maximum atomic E-state index is 13.5. The molecule has 0 amide bonds. The molecule has 0 heterocycles. The Morgan fingerprint density at radius 3 is 2.75 bits per heavy atom. The van der Waals surface area contributed by atoms with Crippen LogP contribution in [0.1, 0.15) is 18.0 Å². The Bertz CT molecular complexity index is 412. The lowest BCUT2D eigenvalue weighted by Crippen LogP contribution is -2.18. The van der Waals surface area contributed by atoms with Crippen LogP contribution in [0.3, 0.4) is 0 Å². The van der Waals surface area contributed by atoms with Crippen molar-refractivity contribution in [2.24, 2.45) is 5.73 Å². The van der Waals surface area contributed by atoms with Crippen LogP contribution in [0.5, 0.6) is 0 Å². The molecule has 1 aromatic rings. The number of benzene rings is 1. The van der Waals surface area contributed by atoms with Crippen molar-refractivity contribution in [3.05, 3.63) is 33.8 Å².